The van der Waals surface area contributed by atoms with E-state index in [1.807, 2.05) is 0 Å². The third kappa shape index (κ3) is 2.84. The van der Waals surface area contributed by atoms with E-state index in [-0.39, 0.29) is 0 Å². The fourth-order valence-electron chi connectivity index (χ4n) is 2.79. The first-order valence-electron chi connectivity index (χ1n) is 7.61. The maximum absolute atomic E-state index is 14.3. The third-order valence-corrected chi connectivity index (χ3v) is 4.05. The van der Waals surface area contributed by atoms with E-state index in [2.05, 4.69) is 20.6 Å². The fraction of sp³-hybridized carbons (Fsp3) is 0.0588. The maximum atomic E-state index is 14.3. The molecule has 0 saturated carbocycles. The molecule has 4 rings (SSSR count). The number of rotatable bonds is 2. The standard InChI is InChI=1S/C17H9F4N5O/c18-14-11(2-1-3-12(14)17(19,20)21)16(27)26-7-6-9-8-10(4-5-13(9)26)15-22-24-25-23-15/h1-8H,(H,22,23,24,25). The second-order valence-corrected chi connectivity index (χ2v) is 5.66. The smallest absolute Gasteiger partial charge is 0.283 e. The van der Waals surface area contributed by atoms with Crippen LogP contribution in [0.2, 0.25) is 0 Å². The van der Waals surface area contributed by atoms with Crippen molar-refractivity contribution in [3.8, 4) is 11.4 Å². The van der Waals surface area contributed by atoms with Crippen molar-refractivity contribution < 1.29 is 22.4 Å². The van der Waals surface area contributed by atoms with Crippen LogP contribution in [0.1, 0.15) is 15.9 Å². The van der Waals surface area contributed by atoms with Gasteiger partial charge in [0, 0.05) is 17.1 Å². The molecule has 4 aromatic rings. The Morgan fingerprint density at radius 3 is 2.63 bits per heavy atom. The van der Waals surface area contributed by atoms with Crippen LogP contribution in [-0.2, 0) is 6.18 Å². The molecule has 0 radical (unpaired) electrons. The first kappa shape index (κ1) is 16.9. The number of hydrogen-bond acceptors (Lipinski definition) is 4. The Labute approximate surface area is 148 Å². The summed E-state index contributed by atoms with van der Waals surface area (Å²) in [5, 5.41) is 14.1. The SMILES string of the molecule is O=C(c1cccc(C(F)(F)F)c1F)n1ccc2cc(-c3nn[nH]n3)ccc21. The van der Waals surface area contributed by atoms with Crippen LogP contribution in [0.4, 0.5) is 17.6 Å². The zero-order valence-electron chi connectivity index (χ0n) is 13.3. The summed E-state index contributed by atoms with van der Waals surface area (Å²) in [4.78, 5) is 12.7. The Hall–Kier alpha value is -3.56. The molecule has 6 nitrogen and oxygen atoms in total. The molecule has 0 spiro atoms. The first-order chi connectivity index (χ1) is 12.9. The van der Waals surface area contributed by atoms with Crippen molar-refractivity contribution in [2.75, 3.05) is 0 Å². The van der Waals surface area contributed by atoms with E-state index in [4.69, 9.17) is 0 Å². The maximum Gasteiger partial charge on any atom is 0.419 e. The number of fused-ring (bicyclic) bond motifs is 1. The number of aromatic amines is 1. The van der Waals surface area contributed by atoms with Crippen molar-refractivity contribution in [1.29, 1.82) is 0 Å². The fourth-order valence-corrected chi connectivity index (χ4v) is 2.79. The highest BCUT2D eigenvalue weighted by atomic mass is 19.4. The second kappa shape index (κ2) is 6.01. The largest absolute Gasteiger partial charge is 0.419 e. The van der Waals surface area contributed by atoms with Gasteiger partial charge >= 0.3 is 6.18 Å². The topological polar surface area (TPSA) is 76.5 Å². The lowest BCUT2D eigenvalue weighted by atomic mass is 10.1. The Balaban J connectivity index is 1.78. The molecule has 0 atom stereocenters. The lowest BCUT2D eigenvalue weighted by Crippen LogP contribution is -2.16. The molecule has 0 aliphatic rings. The number of carbonyl (C=O) groups is 1. The summed E-state index contributed by atoms with van der Waals surface area (Å²) in [5.41, 5.74) is -1.11. The van der Waals surface area contributed by atoms with Crippen LogP contribution < -0.4 is 0 Å². The number of tetrazole rings is 1. The van der Waals surface area contributed by atoms with Crippen molar-refractivity contribution in [3.63, 3.8) is 0 Å². The normalized spacial score (nSPS) is 11.9. The third-order valence-electron chi connectivity index (χ3n) is 4.05. The molecule has 0 aliphatic heterocycles. The molecule has 10 heteroatoms. The lowest BCUT2D eigenvalue weighted by Gasteiger charge is -2.11. The summed E-state index contributed by atoms with van der Waals surface area (Å²) in [5.74, 6) is -2.15. The molecular weight excluding hydrogens is 366 g/mol. The van der Waals surface area contributed by atoms with Crippen LogP contribution in [0.25, 0.3) is 22.3 Å². The van der Waals surface area contributed by atoms with Gasteiger partial charge in [-0.15, -0.1) is 10.2 Å². The van der Waals surface area contributed by atoms with Gasteiger partial charge in [-0.25, -0.2) is 4.39 Å². The zero-order chi connectivity index (χ0) is 19.2. The zero-order valence-corrected chi connectivity index (χ0v) is 13.3. The monoisotopic (exact) mass is 375 g/mol. The summed E-state index contributed by atoms with van der Waals surface area (Å²) in [6, 6.07) is 9.08. The summed E-state index contributed by atoms with van der Waals surface area (Å²) in [6.45, 7) is 0. The summed E-state index contributed by atoms with van der Waals surface area (Å²) in [6.07, 6.45) is -3.52. The molecule has 2 aromatic heterocycles. The van der Waals surface area contributed by atoms with Crippen LogP contribution in [0.3, 0.4) is 0 Å². The van der Waals surface area contributed by atoms with E-state index in [0.717, 1.165) is 16.7 Å². The Morgan fingerprint density at radius 2 is 1.93 bits per heavy atom. The molecule has 136 valence electrons. The van der Waals surface area contributed by atoms with E-state index in [1.54, 1.807) is 24.3 Å². The molecular formula is C17H9F4N5O. The molecule has 0 saturated heterocycles. The summed E-state index contributed by atoms with van der Waals surface area (Å²) >= 11 is 0. The van der Waals surface area contributed by atoms with E-state index in [0.29, 0.717) is 28.4 Å². The molecule has 0 amide bonds. The van der Waals surface area contributed by atoms with Gasteiger partial charge in [-0.3, -0.25) is 9.36 Å². The Kier molecular flexibility index (Phi) is 3.76. The van der Waals surface area contributed by atoms with Crippen molar-refractivity contribution in [2.24, 2.45) is 0 Å². The van der Waals surface area contributed by atoms with Gasteiger partial charge in [-0.1, -0.05) is 6.07 Å². The van der Waals surface area contributed by atoms with E-state index >= 15 is 0 Å². The predicted molar refractivity (Wildman–Crippen MR) is 86.2 cm³/mol. The molecule has 0 aliphatic carbocycles. The van der Waals surface area contributed by atoms with Gasteiger partial charge in [0.05, 0.1) is 16.6 Å². The number of benzene rings is 2. The van der Waals surface area contributed by atoms with Crippen LogP contribution in [0, 0.1) is 5.82 Å². The second-order valence-electron chi connectivity index (χ2n) is 5.66. The number of aromatic nitrogens is 5. The van der Waals surface area contributed by atoms with Crippen LogP contribution >= 0.6 is 0 Å². The van der Waals surface area contributed by atoms with Crippen LogP contribution in [0.5, 0.6) is 0 Å². The quantitative estimate of drug-likeness (QED) is 0.543. The van der Waals surface area contributed by atoms with Crippen molar-refractivity contribution in [3.05, 3.63) is 65.6 Å². The van der Waals surface area contributed by atoms with Gasteiger partial charge in [0.25, 0.3) is 5.91 Å². The molecule has 2 heterocycles. The number of H-pyrrole nitrogens is 1. The summed E-state index contributed by atoms with van der Waals surface area (Å²) < 4.78 is 54.0. The minimum atomic E-state index is -4.89. The van der Waals surface area contributed by atoms with E-state index in [9.17, 15) is 22.4 Å². The van der Waals surface area contributed by atoms with Gasteiger partial charge in [0.1, 0.15) is 5.82 Å². The number of alkyl halides is 3. The molecule has 27 heavy (non-hydrogen) atoms. The highest BCUT2D eigenvalue weighted by Gasteiger charge is 2.36. The number of nitrogens with zero attached hydrogens (tertiary/aromatic N) is 4. The van der Waals surface area contributed by atoms with E-state index in [1.165, 1.54) is 6.20 Å². The lowest BCUT2D eigenvalue weighted by molar-refractivity contribution is -0.140. The molecule has 1 N–H and O–H groups in total. The first-order valence-corrected chi connectivity index (χ1v) is 7.61. The minimum absolute atomic E-state index is 0.347. The van der Waals surface area contributed by atoms with Gasteiger partial charge in [0.15, 0.2) is 0 Å². The number of carbonyl (C=O) groups excluding carboxylic acids is 1. The highest BCUT2D eigenvalue weighted by Crippen LogP contribution is 2.33. The van der Waals surface area contributed by atoms with Crippen molar-refractivity contribution in [1.82, 2.24) is 25.2 Å². The number of hydrogen-bond donors (Lipinski definition) is 1. The minimum Gasteiger partial charge on any atom is -0.283 e. The van der Waals surface area contributed by atoms with Gasteiger partial charge in [-0.2, -0.15) is 18.4 Å². The molecule has 0 unspecified atom stereocenters. The Morgan fingerprint density at radius 1 is 1.11 bits per heavy atom. The number of halogens is 4. The highest BCUT2D eigenvalue weighted by molar-refractivity contribution is 6.02. The Bertz CT molecular complexity index is 1150. The molecule has 0 fully saturated rings. The van der Waals surface area contributed by atoms with Crippen molar-refractivity contribution in [2.45, 2.75) is 6.18 Å². The van der Waals surface area contributed by atoms with E-state index < -0.39 is 29.0 Å². The van der Waals surface area contributed by atoms with Gasteiger partial charge in [0.2, 0.25) is 5.82 Å². The molecule has 0 bridgehead atoms. The van der Waals surface area contributed by atoms with Crippen molar-refractivity contribution >= 4 is 16.8 Å². The predicted octanol–water partition coefficient (Wildman–Crippen LogP) is 3.67. The average molecular weight is 375 g/mol. The van der Waals surface area contributed by atoms with Gasteiger partial charge < -0.3 is 0 Å². The van der Waals surface area contributed by atoms with Crippen LogP contribution in [-0.4, -0.2) is 31.1 Å². The number of nitrogens with one attached hydrogen (secondary N) is 1. The van der Waals surface area contributed by atoms with Gasteiger partial charge in [-0.05, 0) is 41.6 Å². The molecule has 2 aromatic carbocycles. The average Bonchev–Trinajstić information content (AvgIpc) is 3.29. The summed E-state index contributed by atoms with van der Waals surface area (Å²) in [7, 11) is 0. The van der Waals surface area contributed by atoms with Crippen LogP contribution in [0.15, 0.2) is 48.7 Å².